The van der Waals surface area contributed by atoms with Gasteiger partial charge in [0.25, 0.3) is 0 Å². The van der Waals surface area contributed by atoms with Gasteiger partial charge in [-0.3, -0.25) is 0 Å². The highest BCUT2D eigenvalue weighted by atomic mass is 15.1. The third-order valence-corrected chi connectivity index (χ3v) is 3.72. The Morgan fingerprint density at radius 3 is 2.15 bits per heavy atom. The van der Waals surface area contributed by atoms with Gasteiger partial charge in [0.05, 0.1) is 16.8 Å². The van der Waals surface area contributed by atoms with Gasteiger partial charge in [0, 0.05) is 13.1 Å². The van der Waals surface area contributed by atoms with Crippen LogP contribution in [0.1, 0.15) is 22.3 Å². The molecule has 3 nitrogen and oxygen atoms in total. The molecule has 0 amide bonds. The van der Waals surface area contributed by atoms with Gasteiger partial charge in [0.2, 0.25) is 0 Å². The smallest absolute Gasteiger partial charge is 0.101 e. The lowest BCUT2D eigenvalue weighted by molar-refractivity contribution is 0.730. The Bertz CT molecular complexity index is 702. The minimum Gasteiger partial charge on any atom is -0.365 e. The van der Waals surface area contributed by atoms with Crippen molar-refractivity contribution < 1.29 is 0 Å². The van der Waals surface area contributed by atoms with Crippen molar-refractivity contribution in [3.63, 3.8) is 0 Å². The van der Waals surface area contributed by atoms with E-state index in [1.165, 1.54) is 11.1 Å². The molecule has 2 aromatic rings. The zero-order valence-electron chi connectivity index (χ0n) is 11.0. The number of fused-ring (bicyclic) bond motifs is 1. The Morgan fingerprint density at radius 2 is 1.50 bits per heavy atom. The molecule has 1 aliphatic rings. The van der Waals surface area contributed by atoms with Crippen molar-refractivity contribution in [2.75, 3.05) is 11.4 Å². The van der Waals surface area contributed by atoms with E-state index in [0.29, 0.717) is 11.1 Å². The van der Waals surface area contributed by atoms with Gasteiger partial charge < -0.3 is 4.90 Å². The second-order valence-corrected chi connectivity index (χ2v) is 4.87. The van der Waals surface area contributed by atoms with Gasteiger partial charge in [-0.25, -0.2) is 0 Å². The van der Waals surface area contributed by atoms with Crippen LogP contribution in [0.15, 0.2) is 42.5 Å². The summed E-state index contributed by atoms with van der Waals surface area (Å²) in [5.74, 6) is 0. The van der Waals surface area contributed by atoms with Gasteiger partial charge in [0.1, 0.15) is 12.1 Å². The van der Waals surface area contributed by atoms with E-state index in [0.717, 1.165) is 25.2 Å². The normalized spacial score (nSPS) is 13.2. The lowest BCUT2D eigenvalue weighted by atomic mass is 9.97. The molecule has 0 aliphatic carbocycles. The molecule has 0 N–H and O–H groups in total. The Balaban J connectivity index is 2.04. The van der Waals surface area contributed by atoms with E-state index in [-0.39, 0.29) is 0 Å². The van der Waals surface area contributed by atoms with Crippen LogP contribution >= 0.6 is 0 Å². The molecule has 3 rings (SSSR count). The third kappa shape index (κ3) is 2.00. The molecule has 0 unspecified atom stereocenters. The molecule has 0 radical (unpaired) electrons. The summed E-state index contributed by atoms with van der Waals surface area (Å²) in [6.07, 6.45) is 0.945. The molecule has 3 heteroatoms. The first-order valence-electron chi connectivity index (χ1n) is 6.58. The van der Waals surface area contributed by atoms with Crippen LogP contribution in [0.4, 0.5) is 5.69 Å². The monoisotopic (exact) mass is 259 g/mol. The molecule has 0 atom stereocenters. The van der Waals surface area contributed by atoms with Crippen LogP contribution in [0.3, 0.4) is 0 Å². The van der Waals surface area contributed by atoms with Gasteiger partial charge >= 0.3 is 0 Å². The Morgan fingerprint density at radius 1 is 0.850 bits per heavy atom. The number of nitriles is 2. The van der Waals surface area contributed by atoms with Crippen molar-refractivity contribution in [3.05, 3.63) is 64.7 Å². The van der Waals surface area contributed by atoms with Crippen molar-refractivity contribution >= 4 is 5.69 Å². The van der Waals surface area contributed by atoms with Crippen LogP contribution in [-0.2, 0) is 13.0 Å². The summed E-state index contributed by atoms with van der Waals surface area (Å²) >= 11 is 0. The fraction of sp³-hybridized carbons (Fsp3) is 0.176. The SMILES string of the molecule is N#Cc1cccc(C#N)c1N1CCc2ccccc2C1. The first-order valence-corrected chi connectivity index (χ1v) is 6.58. The minimum atomic E-state index is 0.573. The summed E-state index contributed by atoms with van der Waals surface area (Å²) in [7, 11) is 0. The van der Waals surface area contributed by atoms with Crippen LogP contribution < -0.4 is 4.90 Å². The second kappa shape index (κ2) is 5.07. The van der Waals surface area contributed by atoms with Crippen LogP contribution in [0.2, 0.25) is 0 Å². The molecule has 0 saturated heterocycles. The lowest BCUT2D eigenvalue weighted by Gasteiger charge is -2.31. The predicted molar refractivity (Wildman–Crippen MR) is 77.1 cm³/mol. The highest BCUT2D eigenvalue weighted by Crippen LogP contribution is 2.29. The highest BCUT2D eigenvalue weighted by molar-refractivity contribution is 5.68. The topological polar surface area (TPSA) is 50.8 Å². The maximum Gasteiger partial charge on any atom is 0.101 e. The average molecular weight is 259 g/mol. The molecular formula is C17H13N3. The van der Waals surface area contributed by atoms with Gasteiger partial charge in [-0.2, -0.15) is 10.5 Å². The van der Waals surface area contributed by atoms with Crippen LogP contribution in [-0.4, -0.2) is 6.54 Å². The number of rotatable bonds is 1. The number of para-hydroxylation sites is 1. The van der Waals surface area contributed by atoms with Crippen molar-refractivity contribution in [2.45, 2.75) is 13.0 Å². The number of benzene rings is 2. The van der Waals surface area contributed by atoms with Crippen molar-refractivity contribution in [3.8, 4) is 12.1 Å². The highest BCUT2D eigenvalue weighted by Gasteiger charge is 2.20. The van der Waals surface area contributed by atoms with Gasteiger partial charge in [-0.15, -0.1) is 0 Å². The first-order chi connectivity index (χ1) is 9.83. The van der Waals surface area contributed by atoms with Crippen LogP contribution in [0.25, 0.3) is 0 Å². The Hall–Kier alpha value is -2.78. The van der Waals surface area contributed by atoms with E-state index in [1.807, 2.05) is 6.07 Å². The summed E-state index contributed by atoms with van der Waals surface area (Å²) < 4.78 is 0. The number of nitrogens with zero attached hydrogens (tertiary/aromatic N) is 3. The standard InChI is InChI=1S/C17H13N3/c18-10-14-6-3-7-15(11-19)17(14)20-9-8-13-4-1-2-5-16(13)12-20/h1-7H,8-9,12H2. The van der Waals surface area contributed by atoms with E-state index >= 15 is 0 Å². The summed E-state index contributed by atoms with van der Waals surface area (Å²) in [4.78, 5) is 2.14. The molecule has 0 saturated carbocycles. The molecule has 0 aromatic heterocycles. The summed E-state index contributed by atoms with van der Waals surface area (Å²) in [6.45, 7) is 1.59. The lowest BCUT2D eigenvalue weighted by Crippen LogP contribution is -2.31. The number of anilines is 1. The molecule has 96 valence electrons. The largest absolute Gasteiger partial charge is 0.365 e. The molecule has 20 heavy (non-hydrogen) atoms. The number of hydrogen-bond donors (Lipinski definition) is 0. The molecular weight excluding hydrogens is 246 g/mol. The fourth-order valence-corrected chi connectivity index (χ4v) is 2.75. The molecule has 1 aliphatic heterocycles. The van der Waals surface area contributed by atoms with Crippen molar-refractivity contribution in [1.29, 1.82) is 10.5 Å². The molecule has 2 aromatic carbocycles. The molecule has 0 fully saturated rings. The zero-order chi connectivity index (χ0) is 13.9. The molecule has 0 bridgehead atoms. The fourth-order valence-electron chi connectivity index (χ4n) is 2.75. The van der Waals surface area contributed by atoms with Crippen LogP contribution in [0, 0.1) is 22.7 Å². The van der Waals surface area contributed by atoms with Crippen LogP contribution in [0.5, 0.6) is 0 Å². The summed E-state index contributed by atoms with van der Waals surface area (Å²) in [5, 5.41) is 18.6. The Labute approximate surface area is 118 Å². The summed E-state index contributed by atoms with van der Waals surface area (Å²) in [6, 6.07) is 18.1. The zero-order valence-corrected chi connectivity index (χ0v) is 11.0. The van der Waals surface area contributed by atoms with Gasteiger partial charge in [0.15, 0.2) is 0 Å². The molecule has 0 spiro atoms. The van der Waals surface area contributed by atoms with E-state index in [1.54, 1.807) is 18.2 Å². The van der Waals surface area contributed by atoms with Crippen molar-refractivity contribution in [2.24, 2.45) is 0 Å². The maximum absolute atomic E-state index is 9.28. The number of hydrogen-bond acceptors (Lipinski definition) is 3. The third-order valence-electron chi connectivity index (χ3n) is 3.72. The second-order valence-electron chi connectivity index (χ2n) is 4.87. The van der Waals surface area contributed by atoms with Gasteiger partial charge in [-0.05, 0) is 29.7 Å². The first kappa shape index (κ1) is 12.3. The van der Waals surface area contributed by atoms with E-state index in [4.69, 9.17) is 0 Å². The van der Waals surface area contributed by atoms with E-state index in [2.05, 4.69) is 35.2 Å². The van der Waals surface area contributed by atoms with E-state index < -0.39 is 0 Å². The minimum absolute atomic E-state index is 0.573. The quantitative estimate of drug-likeness (QED) is 0.791. The van der Waals surface area contributed by atoms with Gasteiger partial charge in [-0.1, -0.05) is 30.3 Å². The van der Waals surface area contributed by atoms with Crippen molar-refractivity contribution in [1.82, 2.24) is 0 Å². The maximum atomic E-state index is 9.28. The predicted octanol–water partition coefficient (Wildman–Crippen LogP) is 2.99. The Kier molecular flexibility index (Phi) is 3.11. The molecule has 1 heterocycles. The van der Waals surface area contributed by atoms with E-state index in [9.17, 15) is 10.5 Å². The summed E-state index contributed by atoms with van der Waals surface area (Å²) in [5.41, 5.74) is 4.55. The average Bonchev–Trinajstić information content (AvgIpc) is 2.53.